The summed E-state index contributed by atoms with van der Waals surface area (Å²) in [4.78, 5) is 10.9. The number of nitrogens with one attached hydrogen (secondary N) is 1. The van der Waals surface area contributed by atoms with Crippen LogP contribution in [0.1, 0.15) is 16.1 Å². The molecule has 0 saturated heterocycles. The van der Waals surface area contributed by atoms with Gasteiger partial charge in [0.2, 0.25) is 0 Å². The van der Waals surface area contributed by atoms with E-state index in [-0.39, 0.29) is 11.6 Å². The molecule has 0 amide bonds. The highest BCUT2D eigenvalue weighted by atomic mass is 35.5. The van der Waals surface area contributed by atoms with Crippen molar-refractivity contribution in [1.82, 2.24) is 15.0 Å². The van der Waals surface area contributed by atoms with Crippen molar-refractivity contribution in [3.63, 3.8) is 0 Å². The smallest absolute Gasteiger partial charge is 0.338 e. The Morgan fingerprint density at radius 3 is 2.76 bits per heavy atom. The van der Waals surface area contributed by atoms with Crippen LogP contribution in [0.2, 0.25) is 5.02 Å². The number of rotatable bonds is 5. The lowest BCUT2D eigenvalue weighted by Crippen LogP contribution is -2.04. The summed E-state index contributed by atoms with van der Waals surface area (Å²) in [5.74, 6) is -2.62. The third-order valence-corrected chi connectivity index (χ3v) is 3.67. The Morgan fingerprint density at radius 2 is 2.04 bits per heavy atom. The quantitative estimate of drug-likeness (QED) is 0.724. The van der Waals surface area contributed by atoms with Gasteiger partial charge >= 0.3 is 5.97 Å². The number of benzene rings is 2. The van der Waals surface area contributed by atoms with Gasteiger partial charge in [-0.2, -0.15) is 0 Å². The van der Waals surface area contributed by atoms with Gasteiger partial charge in [-0.05, 0) is 36.4 Å². The molecule has 0 bridgehead atoms. The van der Waals surface area contributed by atoms with Crippen LogP contribution in [0.25, 0.3) is 5.69 Å². The first kappa shape index (κ1) is 16.8. The monoisotopic (exact) mass is 364 g/mol. The zero-order chi connectivity index (χ0) is 18.0. The van der Waals surface area contributed by atoms with Crippen molar-refractivity contribution in [3.8, 4) is 5.69 Å². The van der Waals surface area contributed by atoms with Gasteiger partial charge in [-0.1, -0.05) is 16.8 Å². The Labute approximate surface area is 145 Å². The van der Waals surface area contributed by atoms with Crippen molar-refractivity contribution in [2.45, 2.75) is 6.54 Å². The molecule has 6 nitrogen and oxygen atoms in total. The molecule has 2 aromatic carbocycles. The van der Waals surface area contributed by atoms with E-state index < -0.39 is 23.2 Å². The summed E-state index contributed by atoms with van der Waals surface area (Å²) in [7, 11) is 0. The molecular formula is C16H11ClF2N4O2. The maximum Gasteiger partial charge on any atom is 0.338 e. The summed E-state index contributed by atoms with van der Waals surface area (Å²) in [6.07, 6.45) is 1.59. The standard InChI is InChI=1S/C16H11ClF2N4O2/c17-13-5-9(18)1-4-15(13)23-8-11(21-22-23)7-20-10-2-3-14(19)12(6-10)16(24)25/h1-6,8,20H,7H2,(H,24,25). The summed E-state index contributed by atoms with van der Waals surface area (Å²) in [6.45, 7) is 0.226. The lowest BCUT2D eigenvalue weighted by Gasteiger charge is -2.06. The molecule has 0 atom stereocenters. The molecule has 0 saturated carbocycles. The normalized spacial score (nSPS) is 10.7. The molecule has 0 fully saturated rings. The second-order valence-corrected chi connectivity index (χ2v) is 5.51. The van der Waals surface area contributed by atoms with Gasteiger partial charge in [-0.15, -0.1) is 5.10 Å². The Balaban J connectivity index is 1.74. The van der Waals surface area contributed by atoms with Crippen LogP contribution in [-0.4, -0.2) is 26.1 Å². The summed E-state index contributed by atoms with van der Waals surface area (Å²) in [6, 6.07) is 7.58. The molecular weight excluding hydrogens is 354 g/mol. The van der Waals surface area contributed by atoms with E-state index in [4.69, 9.17) is 16.7 Å². The Bertz CT molecular complexity index is 946. The lowest BCUT2D eigenvalue weighted by atomic mass is 10.2. The number of carbonyl (C=O) groups is 1. The average molecular weight is 365 g/mol. The van der Waals surface area contributed by atoms with Gasteiger partial charge in [0.25, 0.3) is 0 Å². The van der Waals surface area contributed by atoms with Gasteiger partial charge in [-0.25, -0.2) is 18.3 Å². The van der Waals surface area contributed by atoms with Crippen LogP contribution in [0.3, 0.4) is 0 Å². The molecule has 25 heavy (non-hydrogen) atoms. The van der Waals surface area contributed by atoms with Crippen LogP contribution in [0, 0.1) is 11.6 Å². The number of carboxylic acids is 1. The van der Waals surface area contributed by atoms with E-state index in [0.29, 0.717) is 17.1 Å². The van der Waals surface area contributed by atoms with Crippen LogP contribution in [-0.2, 0) is 6.54 Å². The van der Waals surface area contributed by atoms with Crippen LogP contribution >= 0.6 is 11.6 Å². The minimum absolute atomic E-state index is 0.189. The first-order chi connectivity index (χ1) is 11.9. The predicted molar refractivity (Wildman–Crippen MR) is 87.0 cm³/mol. The second kappa shape index (κ2) is 6.86. The summed E-state index contributed by atoms with van der Waals surface area (Å²) in [5, 5.41) is 19.9. The summed E-state index contributed by atoms with van der Waals surface area (Å²) >= 11 is 5.97. The number of hydrogen-bond acceptors (Lipinski definition) is 4. The highest BCUT2D eigenvalue weighted by Crippen LogP contribution is 2.21. The number of hydrogen-bond donors (Lipinski definition) is 2. The first-order valence-electron chi connectivity index (χ1n) is 7.07. The number of halogens is 3. The van der Waals surface area contributed by atoms with Gasteiger partial charge < -0.3 is 10.4 Å². The Kier molecular flexibility index (Phi) is 4.62. The first-order valence-corrected chi connectivity index (χ1v) is 7.45. The van der Waals surface area contributed by atoms with Crippen molar-refractivity contribution in [3.05, 3.63) is 70.5 Å². The Hall–Kier alpha value is -3.00. The van der Waals surface area contributed by atoms with Crippen LogP contribution in [0.4, 0.5) is 14.5 Å². The fraction of sp³-hybridized carbons (Fsp3) is 0.0625. The van der Waals surface area contributed by atoms with E-state index >= 15 is 0 Å². The van der Waals surface area contributed by atoms with Crippen LogP contribution < -0.4 is 5.32 Å². The molecule has 128 valence electrons. The average Bonchev–Trinajstić information content (AvgIpc) is 3.02. The Morgan fingerprint density at radius 1 is 1.24 bits per heavy atom. The van der Waals surface area contributed by atoms with Gasteiger partial charge in [0.05, 0.1) is 29.0 Å². The number of nitrogens with zero attached hydrogens (tertiary/aromatic N) is 3. The SMILES string of the molecule is O=C(O)c1cc(NCc2cn(-c3ccc(F)cc3Cl)nn2)ccc1F. The number of aromatic carboxylic acids is 1. The number of anilines is 1. The van der Waals surface area contributed by atoms with Gasteiger partial charge in [0.1, 0.15) is 17.3 Å². The highest BCUT2D eigenvalue weighted by molar-refractivity contribution is 6.32. The fourth-order valence-electron chi connectivity index (χ4n) is 2.16. The molecule has 2 N–H and O–H groups in total. The minimum atomic E-state index is -1.35. The highest BCUT2D eigenvalue weighted by Gasteiger charge is 2.11. The van der Waals surface area contributed by atoms with E-state index in [9.17, 15) is 13.6 Å². The van der Waals surface area contributed by atoms with Gasteiger partial charge in [0.15, 0.2) is 0 Å². The van der Waals surface area contributed by atoms with E-state index in [1.165, 1.54) is 35.0 Å². The molecule has 3 rings (SSSR count). The summed E-state index contributed by atoms with van der Waals surface area (Å²) < 4.78 is 27.8. The maximum absolute atomic E-state index is 13.4. The third-order valence-electron chi connectivity index (χ3n) is 3.37. The van der Waals surface area contributed by atoms with Crippen molar-refractivity contribution in [2.75, 3.05) is 5.32 Å². The van der Waals surface area contributed by atoms with E-state index in [1.54, 1.807) is 6.20 Å². The number of aromatic nitrogens is 3. The minimum Gasteiger partial charge on any atom is -0.478 e. The molecule has 0 aliphatic heterocycles. The van der Waals surface area contributed by atoms with Crippen LogP contribution in [0.5, 0.6) is 0 Å². The largest absolute Gasteiger partial charge is 0.478 e. The van der Waals surface area contributed by atoms with Crippen molar-refractivity contribution < 1.29 is 18.7 Å². The maximum atomic E-state index is 13.4. The van der Waals surface area contributed by atoms with E-state index in [2.05, 4.69) is 15.6 Å². The molecule has 9 heteroatoms. The van der Waals surface area contributed by atoms with Crippen molar-refractivity contribution in [1.29, 1.82) is 0 Å². The van der Waals surface area contributed by atoms with Crippen molar-refractivity contribution in [2.24, 2.45) is 0 Å². The zero-order valence-electron chi connectivity index (χ0n) is 12.6. The molecule has 1 heterocycles. The van der Waals surface area contributed by atoms with Crippen LogP contribution in [0.15, 0.2) is 42.6 Å². The lowest BCUT2D eigenvalue weighted by molar-refractivity contribution is 0.0692. The van der Waals surface area contributed by atoms with Crippen molar-refractivity contribution >= 4 is 23.3 Å². The molecule has 1 aromatic heterocycles. The fourth-order valence-corrected chi connectivity index (χ4v) is 2.41. The molecule has 3 aromatic rings. The van der Waals surface area contributed by atoms with Gasteiger partial charge in [0, 0.05) is 5.69 Å². The topological polar surface area (TPSA) is 80.0 Å². The molecule has 0 aliphatic rings. The van der Waals surface area contributed by atoms with E-state index in [0.717, 1.165) is 6.07 Å². The number of carboxylic acid groups (broad SMARTS) is 1. The van der Waals surface area contributed by atoms with Gasteiger partial charge in [-0.3, -0.25) is 0 Å². The predicted octanol–water partition coefficient (Wildman–Crippen LogP) is 3.51. The summed E-state index contributed by atoms with van der Waals surface area (Å²) in [5.41, 5.74) is 0.998. The third kappa shape index (κ3) is 3.74. The molecule has 0 radical (unpaired) electrons. The zero-order valence-corrected chi connectivity index (χ0v) is 13.3. The second-order valence-electron chi connectivity index (χ2n) is 5.10. The molecule has 0 unspecified atom stereocenters. The molecule has 0 aliphatic carbocycles. The molecule has 0 spiro atoms. The van der Waals surface area contributed by atoms with E-state index in [1.807, 2.05) is 0 Å².